The summed E-state index contributed by atoms with van der Waals surface area (Å²) in [4.78, 5) is 12.0. The molecule has 3 aromatic rings. The Bertz CT molecular complexity index is 780. The van der Waals surface area contributed by atoms with Gasteiger partial charge in [-0.25, -0.2) is 9.97 Å². The van der Waals surface area contributed by atoms with Gasteiger partial charge in [-0.05, 0) is 6.07 Å². The topological polar surface area (TPSA) is 58.6 Å². The molecule has 0 aliphatic heterocycles. The highest BCUT2D eigenvalue weighted by Crippen LogP contribution is 2.23. The first-order valence-electron chi connectivity index (χ1n) is 6.19. The summed E-state index contributed by atoms with van der Waals surface area (Å²) < 4.78 is 12.1. The molecule has 1 atom stereocenters. The summed E-state index contributed by atoms with van der Waals surface area (Å²) in [5, 5.41) is 0.501. The highest BCUT2D eigenvalue weighted by atomic mass is 32.2. The van der Waals surface area contributed by atoms with Crippen molar-refractivity contribution in [2.24, 2.45) is 0 Å². The molecule has 0 saturated carbocycles. The number of aromatic amines is 1. The minimum Gasteiger partial charge on any atom is -0.338 e. The molecule has 0 saturated heterocycles. The van der Waals surface area contributed by atoms with Crippen LogP contribution >= 0.6 is 0 Å². The second-order valence-electron chi connectivity index (χ2n) is 4.26. The number of nitrogens with zero attached hydrogens (tertiary/aromatic N) is 2. The molecule has 0 aliphatic carbocycles. The highest BCUT2D eigenvalue weighted by molar-refractivity contribution is 7.85. The van der Waals surface area contributed by atoms with Gasteiger partial charge in [-0.15, -0.1) is 6.58 Å². The number of aromatic nitrogens is 3. The third-order valence-corrected chi connectivity index (χ3v) is 4.17. The maximum absolute atomic E-state index is 12.1. The summed E-state index contributed by atoms with van der Waals surface area (Å²) in [6.45, 7) is 3.61. The lowest BCUT2D eigenvalue weighted by Crippen LogP contribution is -1.99. The molecule has 3 rings (SSSR count). The SMILES string of the molecule is C=CCS(=O)c1nccc2[nH]c(-c3ccccc3)nc12. The minimum atomic E-state index is -1.21. The van der Waals surface area contributed by atoms with E-state index in [4.69, 9.17) is 0 Å². The van der Waals surface area contributed by atoms with Gasteiger partial charge in [-0.1, -0.05) is 36.4 Å². The smallest absolute Gasteiger partial charge is 0.155 e. The average molecular weight is 283 g/mol. The fourth-order valence-electron chi connectivity index (χ4n) is 2.00. The van der Waals surface area contributed by atoms with Crippen molar-refractivity contribution in [1.82, 2.24) is 15.0 Å². The number of nitrogens with one attached hydrogen (secondary N) is 1. The minimum absolute atomic E-state index is 0.375. The van der Waals surface area contributed by atoms with Crippen molar-refractivity contribution in [3.63, 3.8) is 0 Å². The molecule has 0 amide bonds. The van der Waals surface area contributed by atoms with Gasteiger partial charge in [0.2, 0.25) is 0 Å². The summed E-state index contributed by atoms with van der Waals surface area (Å²) in [6, 6.07) is 11.7. The van der Waals surface area contributed by atoms with Crippen molar-refractivity contribution in [3.05, 3.63) is 55.3 Å². The monoisotopic (exact) mass is 283 g/mol. The molecule has 4 nitrogen and oxygen atoms in total. The van der Waals surface area contributed by atoms with Crippen LogP contribution in [0, 0.1) is 0 Å². The Labute approximate surface area is 119 Å². The van der Waals surface area contributed by atoms with Crippen molar-refractivity contribution < 1.29 is 4.21 Å². The first kappa shape index (κ1) is 12.7. The van der Waals surface area contributed by atoms with E-state index in [1.807, 2.05) is 36.4 Å². The van der Waals surface area contributed by atoms with Gasteiger partial charge in [-0.3, -0.25) is 4.21 Å². The van der Waals surface area contributed by atoms with Gasteiger partial charge in [0.05, 0.1) is 16.3 Å². The zero-order chi connectivity index (χ0) is 13.9. The lowest BCUT2D eigenvalue weighted by atomic mass is 10.2. The number of hydrogen-bond donors (Lipinski definition) is 1. The van der Waals surface area contributed by atoms with Crippen LogP contribution in [0.2, 0.25) is 0 Å². The van der Waals surface area contributed by atoms with Crippen LogP contribution in [-0.4, -0.2) is 24.9 Å². The first-order chi connectivity index (χ1) is 9.79. The first-order valence-corrected chi connectivity index (χ1v) is 7.51. The summed E-state index contributed by atoms with van der Waals surface area (Å²) in [5.74, 6) is 1.13. The Morgan fingerprint density at radius 1 is 1.25 bits per heavy atom. The van der Waals surface area contributed by atoms with Crippen LogP contribution in [-0.2, 0) is 10.8 Å². The molecular weight excluding hydrogens is 270 g/mol. The molecule has 2 aromatic heterocycles. The number of imidazole rings is 1. The molecule has 0 fully saturated rings. The Hall–Kier alpha value is -2.27. The van der Waals surface area contributed by atoms with Crippen LogP contribution in [0.3, 0.4) is 0 Å². The number of pyridine rings is 1. The normalized spacial score (nSPS) is 12.4. The molecule has 1 aromatic carbocycles. The molecule has 100 valence electrons. The van der Waals surface area contributed by atoms with E-state index in [9.17, 15) is 4.21 Å². The second kappa shape index (κ2) is 5.38. The molecule has 5 heteroatoms. The van der Waals surface area contributed by atoms with Crippen molar-refractivity contribution in [2.75, 3.05) is 5.75 Å². The van der Waals surface area contributed by atoms with Gasteiger partial charge in [0.25, 0.3) is 0 Å². The van der Waals surface area contributed by atoms with E-state index >= 15 is 0 Å². The molecule has 0 spiro atoms. The third kappa shape index (κ3) is 2.28. The van der Waals surface area contributed by atoms with Crippen LogP contribution in [0.15, 0.2) is 60.3 Å². The third-order valence-electron chi connectivity index (χ3n) is 2.90. The van der Waals surface area contributed by atoms with Crippen LogP contribution in [0.25, 0.3) is 22.4 Å². The molecule has 1 N–H and O–H groups in total. The molecule has 0 aliphatic rings. The van der Waals surface area contributed by atoms with Crippen LogP contribution in [0.1, 0.15) is 0 Å². The predicted octanol–water partition coefficient (Wildman–Crippen LogP) is 2.92. The lowest BCUT2D eigenvalue weighted by molar-refractivity contribution is 0.683. The maximum atomic E-state index is 12.1. The molecular formula is C15H13N3OS. The average Bonchev–Trinajstić information content (AvgIpc) is 2.92. The van der Waals surface area contributed by atoms with E-state index in [1.165, 1.54) is 0 Å². The molecule has 1 unspecified atom stereocenters. The number of benzene rings is 1. The maximum Gasteiger partial charge on any atom is 0.155 e. The van der Waals surface area contributed by atoms with Crippen LogP contribution in [0.5, 0.6) is 0 Å². The lowest BCUT2D eigenvalue weighted by Gasteiger charge is -1.98. The Balaban J connectivity index is 2.14. The van der Waals surface area contributed by atoms with E-state index in [0.717, 1.165) is 16.9 Å². The van der Waals surface area contributed by atoms with E-state index in [0.29, 0.717) is 16.3 Å². The van der Waals surface area contributed by atoms with Gasteiger partial charge in [0, 0.05) is 17.5 Å². The van der Waals surface area contributed by atoms with Crippen molar-refractivity contribution in [2.45, 2.75) is 5.03 Å². The van der Waals surface area contributed by atoms with Gasteiger partial charge < -0.3 is 4.98 Å². The Morgan fingerprint density at radius 2 is 2.05 bits per heavy atom. The standard InChI is InChI=1S/C15H13N3OS/c1-2-10-20(19)15-13-12(8-9-16-15)17-14(18-13)11-6-4-3-5-7-11/h2-9H,1,10H2,(H,17,18). The Morgan fingerprint density at radius 3 is 2.80 bits per heavy atom. The molecule has 0 bridgehead atoms. The van der Waals surface area contributed by atoms with Crippen LogP contribution in [0.4, 0.5) is 0 Å². The summed E-state index contributed by atoms with van der Waals surface area (Å²) in [7, 11) is -1.21. The zero-order valence-electron chi connectivity index (χ0n) is 10.7. The van der Waals surface area contributed by atoms with Crippen LogP contribution < -0.4 is 0 Å². The van der Waals surface area contributed by atoms with E-state index in [1.54, 1.807) is 12.3 Å². The molecule has 0 radical (unpaired) electrons. The van der Waals surface area contributed by atoms with E-state index in [2.05, 4.69) is 21.5 Å². The fraction of sp³-hybridized carbons (Fsp3) is 0.0667. The second-order valence-corrected chi connectivity index (χ2v) is 5.68. The molecule has 2 heterocycles. The summed E-state index contributed by atoms with van der Waals surface area (Å²) >= 11 is 0. The fourth-order valence-corrected chi connectivity index (χ4v) is 2.92. The van der Waals surface area contributed by atoms with Gasteiger partial charge >= 0.3 is 0 Å². The Kier molecular flexibility index (Phi) is 3.43. The van der Waals surface area contributed by atoms with Crippen molar-refractivity contribution >= 4 is 21.8 Å². The van der Waals surface area contributed by atoms with Gasteiger partial charge in [-0.2, -0.15) is 0 Å². The van der Waals surface area contributed by atoms with Gasteiger partial charge in [0.15, 0.2) is 5.03 Å². The molecule has 20 heavy (non-hydrogen) atoms. The van der Waals surface area contributed by atoms with E-state index in [-0.39, 0.29) is 0 Å². The van der Waals surface area contributed by atoms with Crippen molar-refractivity contribution in [3.8, 4) is 11.4 Å². The van der Waals surface area contributed by atoms with E-state index < -0.39 is 10.8 Å². The van der Waals surface area contributed by atoms with Gasteiger partial charge in [0.1, 0.15) is 11.3 Å². The number of hydrogen-bond acceptors (Lipinski definition) is 3. The zero-order valence-corrected chi connectivity index (χ0v) is 11.6. The number of rotatable bonds is 4. The summed E-state index contributed by atoms with van der Waals surface area (Å²) in [6.07, 6.45) is 3.27. The predicted molar refractivity (Wildman–Crippen MR) is 80.8 cm³/mol. The number of H-pyrrole nitrogens is 1. The largest absolute Gasteiger partial charge is 0.338 e. The highest BCUT2D eigenvalue weighted by Gasteiger charge is 2.13. The number of fused-ring (bicyclic) bond motifs is 1. The summed E-state index contributed by atoms with van der Waals surface area (Å²) in [5.41, 5.74) is 2.49. The quantitative estimate of drug-likeness (QED) is 0.749. The van der Waals surface area contributed by atoms with Crippen molar-refractivity contribution in [1.29, 1.82) is 0 Å².